The van der Waals surface area contributed by atoms with Crippen LogP contribution < -0.4 is 5.73 Å². The number of allylic oxidation sites excluding steroid dienone is 1. The van der Waals surface area contributed by atoms with Gasteiger partial charge in [-0.3, -0.25) is 4.79 Å². The quantitative estimate of drug-likeness (QED) is 0.421. The fraction of sp³-hybridized carbons (Fsp3) is 0.0625. The molecule has 3 rings (SSSR count). The summed E-state index contributed by atoms with van der Waals surface area (Å²) in [5, 5.41) is 0. The highest BCUT2D eigenvalue weighted by Crippen LogP contribution is 2.40. The first-order chi connectivity index (χ1) is 8.72. The Hall–Kier alpha value is -2.35. The fourth-order valence-electron chi connectivity index (χ4n) is 2.56. The van der Waals surface area contributed by atoms with Gasteiger partial charge in [-0.05, 0) is 34.4 Å². The van der Waals surface area contributed by atoms with Gasteiger partial charge < -0.3 is 5.73 Å². The molecule has 88 valence electrons. The highest BCUT2D eigenvalue weighted by atomic mass is 16.1. The zero-order valence-corrected chi connectivity index (χ0v) is 9.94. The maximum Gasteiger partial charge on any atom is 0.187 e. The van der Waals surface area contributed by atoms with E-state index in [-0.39, 0.29) is 5.78 Å². The van der Waals surface area contributed by atoms with E-state index in [1.807, 2.05) is 18.2 Å². The summed E-state index contributed by atoms with van der Waals surface area (Å²) in [6, 6.07) is 12.0. The van der Waals surface area contributed by atoms with Gasteiger partial charge in [-0.2, -0.15) is 0 Å². The zero-order chi connectivity index (χ0) is 12.7. The van der Waals surface area contributed by atoms with Crippen LogP contribution in [-0.4, -0.2) is 5.78 Å². The molecule has 0 fully saturated rings. The highest BCUT2D eigenvalue weighted by molar-refractivity contribution is 6.09. The SMILES string of the molecule is C=CC(=O)c1ccc2c(c1N)Cc1ccccc1-2. The molecule has 1 aliphatic carbocycles. The van der Waals surface area contributed by atoms with Gasteiger partial charge in [0.2, 0.25) is 0 Å². The molecule has 0 aliphatic heterocycles. The van der Waals surface area contributed by atoms with Gasteiger partial charge >= 0.3 is 0 Å². The van der Waals surface area contributed by atoms with E-state index in [1.165, 1.54) is 17.2 Å². The smallest absolute Gasteiger partial charge is 0.187 e. The number of nitrogen functional groups attached to an aromatic ring is 1. The third kappa shape index (κ3) is 1.39. The van der Waals surface area contributed by atoms with E-state index in [1.54, 1.807) is 6.07 Å². The summed E-state index contributed by atoms with van der Waals surface area (Å²) in [7, 11) is 0. The van der Waals surface area contributed by atoms with Crippen molar-refractivity contribution < 1.29 is 4.79 Å². The van der Waals surface area contributed by atoms with Crippen molar-refractivity contribution in [3.05, 3.63) is 65.7 Å². The number of hydrogen-bond donors (Lipinski definition) is 1. The van der Waals surface area contributed by atoms with E-state index < -0.39 is 0 Å². The van der Waals surface area contributed by atoms with E-state index in [9.17, 15) is 4.79 Å². The van der Waals surface area contributed by atoms with Crippen LogP contribution in [0.5, 0.6) is 0 Å². The second kappa shape index (κ2) is 3.84. The fourth-order valence-corrected chi connectivity index (χ4v) is 2.56. The summed E-state index contributed by atoms with van der Waals surface area (Å²) >= 11 is 0. The van der Waals surface area contributed by atoms with Gasteiger partial charge in [0.25, 0.3) is 0 Å². The van der Waals surface area contributed by atoms with Crippen LogP contribution in [0.15, 0.2) is 49.1 Å². The van der Waals surface area contributed by atoms with Crippen molar-refractivity contribution in [1.29, 1.82) is 0 Å². The minimum absolute atomic E-state index is 0.119. The first kappa shape index (κ1) is 10.8. The first-order valence-electron chi connectivity index (χ1n) is 5.88. The van der Waals surface area contributed by atoms with Crippen molar-refractivity contribution in [2.75, 3.05) is 5.73 Å². The van der Waals surface area contributed by atoms with Gasteiger partial charge in [-0.15, -0.1) is 0 Å². The molecule has 2 aromatic rings. The summed E-state index contributed by atoms with van der Waals surface area (Å²) < 4.78 is 0. The van der Waals surface area contributed by atoms with E-state index in [0.29, 0.717) is 11.3 Å². The number of benzene rings is 2. The third-order valence-corrected chi connectivity index (χ3v) is 3.48. The molecule has 0 unspecified atom stereocenters. The number of hydrogen-bond acceptors (Lipinski definition) is 2. The largest absolute Gasteiger partial charge is 0.398 e. The van der Waals surface area contributed by atoms with Crippen LogP contribution >= 0.6 is 0 Å². The molecule has 0 saturated heterocycles. The van der Waals surface area contributed by atoms with Gasteiger partial charge in [0.1, 0.15) is 0 Å². The van der Waals surface area contributed by atoms with E-state index in [0.717, 1.165) is 17.5 Å². The lowest BCUT2D eigenvalue weighted by atomic mass is 9.99. The predicted molar refractivity (Wildman–Crippen MR) is 73.6 cm³/mol. The highest BCUT2D eigenvalue weighted by Gasteiger charge is 2.22. The number of fused-ring (bicyclic) bond motifs is 3. The Balaban J connectivity index is 2.21. The van der Waals surface area contributed by atoms with Crippen LogP contribution in [0.3, 0.4) is 0 Å². The molecule has 18 heavy (non-hydrogen) atoms. The minimum Gasteiger partial charge on any atom is -0.398 e. The van der Waals surface area contributed by atoms with Gasteiger partial charge in [0.15, 0.2) is 5.78 Å². The maximum atomic E-state index is 11.7. The van der Waals surface area contributed by atoms with E-state index >= 15 is 0 Å². The normalized spacial score (nSPS) is 11.8. The van der Waals surface area contributed by atoms with Crippen LogP contribution in [0.2, 0.25) is 0 Å². The average molecular weight is 235 g/mol. The number of anilines is 1. The lowest BCUT2D eigenvalue weighted by Gasteiger charge is -2.08. The number of nitrogens with two attached hydrogens (primary N) is 1. The molecule has 2 heteroatoms. The zero-order valence-electron chi connectivity index (χ0n) is 9.94. The van der Waals surface area contributed by atoms with Crippen LogP contribution in [-0.2, 0) is 6.42 Å². The molecule has 0 aromatic heterocycles. The van der Waals surface area contributed by atoms with Gasteiger partial charge in [0, 0.05) is 17.7 Å². The number of rotatable bonds is 2. The molecule has 0 radical (unpaired) electrons. The van der Waals surface area contributed by atoms with Crippen molar-refractivity contribution >= 4 is 11.5 Å². The summed E-state index contributed by atoms with van der Waals surface area (Å²) in [4.78, 5) is 11.7. The summed E-state index contributed by atoms with van der Waals surface area (Å²) in [5.74, 6) is -0.119. The van der Waals surface area contributed by atoms with Crippen molar-refractivity contribution in [2.24, 2.45) is 0 Å². The van der Waals surface area contributed by atoms with Crippen molar-refractivity contribution in [3.63, 3.8) is 0 Å². The van der Waals surface area contributed by atoms with Crippen LogP contribution in [0.4, 0.5) is 5.69 Å². The Morgan fingerprint density at radius 3 is 2.72 bits per heavy atom. The predicted octanol–water partition coefficient (Wildman–Crippen LogP) is 3.21. The summed E-state index contributed by atoms with van der Waals surface area (Å²) in [5.41, 5.74) is 12.0. The number of carbonyl (C=O) groups excluding carboxylic acids is 1. The third-order valence-electron chi connectivity index (χ3n) is 3.48. The van der Waals surface area contributed by atoms with Gasteiger partial charge in [-0.1, -0.05) is 36.9 Å². The average Bonchev–Trinajstić information content (AvgIpc) is 2.78. The van der Waals surface area contributed by atoms with E-state index in [4.69, 9.17) is 5.73 Å². The maximum absolute atomic E-state index is 11.7. The van der Waals surface area contributed by atoms with Crippen LogP contribution in [0.25, 0.3) is 11.1 Å². The minimum atomic E-state index is -0.119. The van der Waals surface area contributed by atoms with Crippen molar-refractivity contribution in [1.82, 2.24) is 0 Å². The number of ketones is 1. The molecule has 0 spiro atoms. The van der Waals surface area contributed by atoms with Crippen molar-refractivity contribution in [3.8, 4) is 11.1 Å². The Morgan fingerprint density at radius 2 is 1.94 bits per heavy atom. The standard InChI is InChI=1S/C16H13NO/c1-2-15(18)13-8-7-12-11-6-4-3-5-10(11)9-14(12)16(13)17/h2-8H,1,9,17H2. The Kier molecular flexibility index (Phi) is 2.30. The Labute approximate surface area is 106 Å². The molecule has 1 aliphatic rings. The monoisotopic (exact) mass is 235 g/mol. The number of carbonyl (C=O) groups is 1. The molecule has 2 aromatic carbocycles. The second-order valence-electron chi connectivity index (χ2n) is 4.46. The second-order valence-corrected chi connectivity index (χ2v) is 4.46. The lowest BCUT2D eigenvalue weighted by Crippen LogP contribution is -2.03. The molecule has 0 atom stereocenters. The topological polar surface area (TPSA) is 43.1 Å². The molecular formula is C16H13NO. The summed E-state index contributed by atoms with van der Waals surface area (Å²) in [6.07, 6.45) is 2.11. The molecule has 0 bridgehead atoms. The van der Waals surface area contributed by atoms with Gasteiger partial charge in [-0.25, -0.2) is 0 Å². The summed E-state index contributed by atoms with van der Waals surface area (Å²) in [6.45, 7) is 3.51. The molecule has 0 heterocycles. The van der Waals surface area contributed by atoms with Crippen molar-refractivity contribution in [2.45, 2.75) is 6.42 Å². The molecule has 2 N–H and O–H groups in total. The first-order valence-corrected chi connectivity index (χ1v) is 5.88. The lowest BCUT2D eigenvalue weighted by molar-refractivity contribution is 0.104. The van der Waals surface area contributed by atoms with Gasteiger partial charge in [0.05, 0.1) is 0 Å². The van der Waals surface area contributed by atoms with Crippen LogP contribution in [0.1, 0.15) is 21.5 Å². The Bertz CT molecular complexity index is 671. The molecule has 0 saturated carbocycles. The molecule has 0 amide bonds. The Morgan fingerprint density at radius 1 is 1.17 bits per heavy atom. The van der Waals surface area contributed by atoms with E-state index in [2.05, 4.69) is 18.7 Å². The molecular weight excluding hydrogens is 222 g/mol. The van der Waals surface area contributed by atoms with Crippen LogP contribution in [0, 0.1) is 0 Å². The molecule has 2 nitrogen and oxygen atoms in total.